The van der Waals surface area contributed by atoms with Crippen LogP contribution in [0.2, 0.25) is 0 Å². The molecule has 1 aliphatic heterocycles. The van der Waals surface area contributed by atoms with Crippen LogP contribution in [0.3, 0.4) is 0 Å². The fourth-order valence-corrected chi connectivity index (χ4v) is 3.14. The van der Waals surface area contributed by atoms with E-state index in [9.17, 15) is 19.7 Å². The first-order valence-electron chi connectivity index (χ1n) is 6.96. The number of ether oxygens (including phenoxy) is 1. The lowest BCUT2D eigenvalue weighted by Crippen LogP contribution is -2.33. The molecule has 0 radical (unpaired) electrons. The summed E-state index contributed by atoms with van der Waals surface area (Å²) in [7, 11) is 0. The number of amidine groups is 1. The average Bonchev–Trinajstić information content (AvgIpc) is 2.95. The van der Waals surface area contributed by atoms with Crippen molar-refractivity contribution in [1.29, 1.82) is 0 Å². The van der Waals surface area contributed by atoms with Crippen molar-refractivity contribution in [2.45, 2.75) is 25.2 Å². The molecule has 0 aromatic heterocycles. The SMILES string of the molecule is CC(=O)SC1C/C(=N\O)N(C(=O)OCc2ccc([N+](=O)[O-])cc2)C1. The first kappa shape index (κ1) is 17.7. The lowest BCUT2D eigenvalue weighted by Gasteiger charge is -2.16. The van der Waals surface area contributed by atoms with E-state index >= 15 is 0 Å². The number of non-ortho nitro benzene ring substituents is 1. The van der Waals surface area contributed by atoms with Crippen LogP contribution >= 0.6 is 11.8 Å². The quantitative estimate of drug-likeness (QED) is 0.501. The second kappa shape index (κ2) is 7.77. The van der Waals surface area contributed by atoms with Gasteiger partial charge in [0, 0.05) is 37.3 Å². The summed E-state index contributed by atoms with van der Waals surface area (Å²) >= 11 is 1.08. The maximum Gasteiger partial charge on any atom is 0.415 e. The standard InChI is InChI=1S/C14H15N3O6S/c1-9(18)24-12-6-13(15-20)16(7-12)14(19)23-8-10-2-4-11(5-3-10)17(21)22/h2-5,12,20H,6-8H2,1H3/b15-13+. The van der Waals surface area contributed by atoms with Gasteiger partial charge in [0.15, 0.2) is 11.0 Å². The molecule has 1 aromatic carbocycles. The van der Waals surface area contributed by atoms with E-state index in [-0.39, 0.29) is 41.5 Å². The highest BCUT2D eigenvalue weighted by Crippen LogP contribution is 2.25. The number of likely N-dealkylation sites (tertiary alicyclic amines) is 1. The minimum absolute atomic E-state index is 0.0524. The number of hydrogen-bond acceptors (Lipinski definition) is 8. The second-order valence-corrected chi connectivity index (χ2v) is 6.52. The van der Waals surface area contributed by atoms with Crippen molar-refractivity contribution in [2.75, 3.05) is 6.54 Å². The maximum absolute atomic E-state index is 12.1. The Morgan fingerprint density at radius 2 is 2.12 bits per heavy atom. The summed E-state index contributed by atoms with van der Waals surface area (Å²) in [6, 6.07) is 5.62. The van der Waals surface area contributed by atoms with E-state index in [1.54, 1.807) is 0 Å². The second-order valence-electron chi connectivity index (χ2n) is 5.04. The number of carbonyl (C=O) groups excluding carboxylic acids is 2. The van der Waals surface area contributed by atoms with Crippen LogP contribution in [0.25, 0.3) is 0 Å². The molecule has 1 N–H and O–H groups in total. The molecular weight excluding hydrogens is 338 g/mol. The monoisotopic (exact) mass is 353 g/mol. The molecule has 2 rings (SSSR count). The third kappa shape index (κ3) is 4.44. The highest BCUT2D eigenvalue weighted by molar-refractivity contribution is 8.14. The van der Waals surface area contributed by atoms with Crippen LogP contribution in [-0.4, -0.2) is 43.9 Å². The van der Waals surface area contributed by atoms with Crippen molar-refractivity contribution >= 4 is 34.5 Å². The smallest absolute Gasteiger partial charge is 0.415 e. The van der Waals surface area contributed by atoms with E-state index in [0.717, 1.165) is 11.8 Å². The number of rotatable bonds is 4. The molecule has 24 heavy (non-hydrogen) atoms. The molecule has 1 amide bonds. The summed E-state index contributed by atoms with van der Waals surface area (Å²) in [5.41, 5.74) is 0.536. The number of nitrogens with zero attached hydrogens (tertiary/aromatic N) is 3. The van der Waals surface area contributed by atoms with Gasteiger partial charge in [-0.15, -0.1) is 0 Å². The Hall–Kier alpha value is -2.62. The van der Waals surface area contributed by atoms with E-state index < -0.39 is 11.0 Å². The number of oxime groups is 1. The van der Waals surface area contributed by atoms with Gasteiger partial charge in [-0.25, -0.2) is 4.79 Å². The highest BCUT2D eigenvalue weighted by Gasteiger charge is 2.35. The summed E-state index contributed by atoms with van der Waals surface area (Å²) in [5.74, 6) is 0.141. The zero-order valence-corrected chi connectivity index (χ0v) is 13.6. The molecule has 0 spiro atoms. The van der Waals surface area contributed by atoms with Crippen molar-refractivity contribution in [2.24, 2.45) is 5.16 Å². The maximum atomic E-state index is 12.1. The fourth-order valence-electron chi connectivity index (χ4n) is 2.21. The molecule has 0 saturated carbocycles. The van der Waals surface area contributed by atoms with E-state index in [1.165, 1.54) is 36.1 Å². The largest absolute Gasteiger partial charge is 0.444 e. The molecular formula is C14H15N3O6S. The Labute approximate surface area is 141 Å². The Kier molecular flexibility index (Phi) is 5.74. The molecule has 1 aromatic rings. The van der Waals surface area contributed by atoms with Crippen LogP contribution in [0.5, 0.6) is 0 Å². The average molecular weight is 353 g/mol. The zero-order valence-electron chi connectivity index (χ0n) is 12.7. The van der Waals surface area contributed by atoms with Gasteiger partial charge in [-0.05, 0) is 17.7 Å². The van der Waals surface area contributed by atoms with Gasteiger partial charge in [0.2, 0.25) is 0 Å². The number of benzene rings is 1. The van der Waals surface area contributed by atoms with Gasteiger partial charge in [0.1, 0.15) is 6.61 Å². The van der Waals surface area contributed by atoms with E-state index in [1.807, 2.05) is 0 Å². The van der Waals surface area contributed by atoms with Crippen LogP contribution in [0.15, 0.2) is 29.4 Å². The van der Waals surface area contributed by atoms with Gasteiger partial charge in [-0.1, -0.05) is 16.9 Å². The first-order chi connectivity index (χ1) is 11.4. The molecule has 1 unspecified atom stereocenters. The summed E-state index contributed by atoms with van der Waals surface area (Å²) < 4.78 is 5.13. The topological polar surface area (TPSA) is 122 Å². The number of nitro groups is 1. The van der Waals surface area contributed by atoms with Crippen molar-refractivity contribution in [3.05, 3.63) is 39.9 Å². The normalized spacial score (nSPS) is 18.6. The van der Waals surface area contributed by atoms with E-state index in [4.69, 9.17) is 9.94 Å². The van der Waals surface area contributed by atoms with Gasteiger partial charge in [0.25, 0.3) is 5.69 Å². The van der Waals surface area contributed by atoms with Gasteiger partial charge in [0.05, 0.1) is 4.92 Å². The number of amides is 1. The highest BCUT2D eigenvalue weighted by atomic mass is 32.2. The van der Waals surface area contributed by atoms with Crippen molar-refractivity contribution in [3.63, 3.8) is 0 Å². The van der Waals surface area contributed by atoms with Gasteiger partial charge >= 0.3 is 6.09 Å². The molecule has 1 aliphatic rings. The Morgan fingerprint density at radius 1 is 1.46 bits per heavy atom. The fraction of sp³-hybridized carbons (Fsp3) is 0.357. The predicted molar refractivity (Wildman–Crippen MR) is 85.9 cm³/mol. The summed E-state index contributed by atoms with van der Waals surface area (Å²) in [6.45, 7) is 1.56. The van der Waals surface area contributed by atoms with Crippen LogP contribution in [-0.2, 0) is 16.1 Å². The number of thioether (sulfide) groups is 1. The van der Waals surface area contributed by atoms with Gasteiger partial charge in [-0.2, -0.15) is 0 Å². The van der Waals surface area contributed by atoms with Crippen LogP contribution in [0, 0.1) is 10.1 Å². The molecule has 10 heteroatoms. The summed E-state index contributed by atoms with van der Waals surface area (Å²) in [6.07, 6.45) is -0.416. The Balaban J connectivity index is 1.93. The minimum Gasteiger partial charge on any atom is -0.444 e. The van der Waals surface area contributed by atoms with Crippen LogP contribution in [0.4, 0.5) is 10.5 Å². The molecule has 1 saturated heterocycles. The molecule has 0 aliphatic carbocycles. The van der Waals surface area contributed by atoms with Crippen molar-refractivity contribution < 1.29 is 24.5 Å². The number of hydrogen-bond donors (Lipinski definition) is 1. The predicted octanol–water partition coefficient (Wildman–Crippen LogP) is 2.37. The Bertz CT molecular complexity index is 676. The third-order valence-electron chi connectivity index (χ3n) is 3.29. The zero-order chi connectivity index (χ0) is 17.7. The number of nitro benzene ring substituents is 1. The molecule has 1 atom stereocenters. The third-order valence-corrected chi connectivity index (χ3v) is 4.27. The van der Waals surface area contributed by atoms with Gasteiger partial charge < -0.3 is 9.94 Å². The lowest BCUT2D eigenvalue weighted by atomic mass is 10.2. The van der Waals surface area contributed by atoms with Crippen LogP contribution < -0.4 is 0 Å². The summed E-state index contributed by atoms with van der Waals surface area (Å²) in [4.78, 5) is 34.5. The van der Waals surface area contributed by atoms with Crippen LogP contribution in [0.1, 0.15) is 18.9 Å². The lowest BCUT2D eigenvalue weighted by molar-refractivity contribution is -0.384. The van der Waals surface area contributed by atoms with Crippen molar-refractivity contribution in [1.82, 2.24) is 4.90 Å². The molecule has 128 valence electrons. The van der Waals surface area contributed by atoms with E-state index in [2.05, 4.69) is 5.16 Å². The molecule has 1 heterocycles. The van der Waals surface area contributed by atoms with Gasteiger partial charge in [-0.3, -0.25) is 19.8 Å². The van der Waals surface area contributed by atoms with E-state index in [0.29, 0.717) is 5.56 Å². The Morgan fingerprint density at radius 3 is 2.67 bits per heavy atom. The number of carbonyl (C=O) groups is 2. The molecule has 9 nitrogen and oxygen atoms in total. The first-order valence-corrected chi connectivity index (χ1v) is 7.84. The molecule has 0 bridgehead atoms. The summed E-state index contributed by atoms with van der Waals surface area (Å²) in [5, 5.41) is 22.4. The molecule has 1 fully saturated rings. The van der Waals surface area contributed by atoms with Crippen molar-refractivity contribution in [3.8, 4) is 0 Å². The minimum atomic E-state index is -0.701.